The van der Waals surface area contributed by atoms with Crippen molar-refractivity contribution in [1.29, 1.82) is 5.26 Å². The van der Waals surface area contributed by atoms with E-state index < -0.39 is 0 Å². The molecule has 0 aromatic carbocycles. The molecule has 0 amide bonds. The number of rotatable bonds is 4. The molecule has 4 heterocycles. The molecule has 0 radical (unpaired) electrons. The lowest BCUT2D eigenvalue weighted by molar-refractivity contribution is 0.238. The molecule has 3 aliphatic rings. The number of fused-ring (bicyclic) bond motifs is 1. The second-order valence-corrected chi connectivity index (χ2v) is 8.09. The van der Waals surface area contributed by atoms with Crippen LogP contribution in [0.4, 0.5) is 5.82 Å². The van der Waals surface area contributed by atoms with Crippen LogP contribution in [0.2, 0.25) is 0 Å². The minimum atomic E-state index is 0.188. The van der Waals surface area contributed by atoms with Gasteiger partial charge in [-0.05, 0) is 49.9 Å². The Morgan fingerprint density at radius 3 is 3.04 bits per heavy atom. The summed E-state index contributed by atoms with van der Waals surface area (Å²) >= 11 is 0. The molecule has 1 saturated heterocycles. The highest BCUT2D eigenvalue weighted by Gasteiger charge is 2.50. The summed E-state index contributed by atoms with van der Waals surface area (Å²) in [5, 5.41) is 9.19. The number of nitriles is 1. The maximum absolute atomic E-state index is 9.19. The van der Waals surface area contributed by atoms with Gasteiger partial charge in [-0.25, -0.2) is 9.97 Å². The molecular formula is C21H24N6. The Bertz CT molecular complexity index is 946. The number of allylic oxidation sites excluding steroid dienone is 1. The monoisotopic (exact) mass is 360 g/mol. The molecule has 1 spiro atoms. The molecule has 2 aromatic heterocycles. The first-order chi connectivity index (χ1) is 13.2. The van der Waals surface area contributed by atoms with Crippen LogP contribution in [0.1, 0.15) is 54.2 Å². The van der Waals surface area contributed by atoms with Crippen LogP contribution in [-0.2, 0) is 13.0 Å². The highest BCUT2D eigenvalue weighted by molar-refractivity contribution is 5.52. The molecular weight excluding hydrogens is 336 g/mol. The third-order valence-corrected chi connectivity index (χ3v) is 6.42. The summed E-state index contributed by atoms with van der Waals surface area (Å²) in [4.78, 5) is 11.7. The number of likely N-dealkylation sites (tertiary alicyclic amines) is 1. The standard InChI is InChI=1S/C21H24N6/c22-11-16-10-17(12-24-20(16)23)15-2-3-19-25-18(14-26(19)13-15)4-9-27-8-1-5-21(27)6-7-21/h2-3,10,12,14-15H,1,4-9,13H2,(H2,23,24). The van der Waals surface area contributed by atoms with Crippen molar-refractivity contribution in [1.82, 2.24) is 19.4 Å². The summed E-state index contributed by atoms with van der Waals surface area (Å²) in [7, 11) is 0. The third kappa shape index (κ3) is 2.92. The quantitative estimate of drug-likeness (QED) is 0.906. The Kier molecular flexibility index (Phi) is 3.80. The summed E-state index contributed by atoms with van der Waals surface area (Å²) < 4.78 is 2.22. The van der Waals surface area contributed by atoms with E-state index in [-0.39, 0.29) is 5.92 Å². The molecule has 27 heavy (non-hydrogen) atoms. The van der Waals surface area contributed by atoms with Crippen molar-refractivity contribution in [3.05, 3.63) is 47.2 Å². The van der Waals surface area contributed by atoms with Gasteiger partial charge in [-0.15, -0.1) is 0 Å². The van der Waals surface area contributed by atoms with Gasteiger partial charge < -0.3 is 10.3 Å². The molecule has 5 rings (SSSR count). The molecule has 138 valence electrons. The normalized spacial score (nSPS) is 22.7. The topological polar surface area (TPSA) is 83.8 Å². The van der Waals surface area contributed by atoms with Crippen molar-refractivity contribution in [2.75, 3.05) is 18.8 Å². The number of aromatic nitrogens is 3. The van der Waals surface area contributed by atoms with Crippen molar-refractivity contribution in [2.24, 2.45) is 0 Å². The van der Waals surface area contributed by atoms with Gasteiger partial charge in [0.25, 0.3) is 0 Å². The van der Waals surface area contributed by atoms with Gasteiger partial charge in [-0.1, -0.05) is 6.08 Å². The Labute approximate surface area is 159 Å². The van der Waals surface area contributed by atoms with Gasteiger partial charge in [-0.2, -0.15) is 5.26 Å². The highest BCUT2D eigenvalue weighted by Crippen LogP contribution is 2.49. The smallest absolute Gasteiger partial charge is 0.141 e. The first-order valence-electron chi connectivity index (χ1n) is 9.82. The van der Waals surface area contributed by atoms with Crippen molar-refractivity contribution >= 4 is 11.9 Å². The van der Waals surface area contributed by atoms with Crippen LogP contribution >= 0.6 is 0 Å². The molecule has 1 unspecified atom stereocenters. The van der Waals surface area contributed by atoms with Crippen LogP contribution in [0.25, 0.3) is 6.08 Å². The molecule has 2 aromatic rings. The van der Waals surface area contributed by atoms with E-state index in [1.165, 1.54) is 37.9 Å². The lowest BCUT2D eigenvalue weighted by Gasteiger charge is -2.23. The van der Waals surface area contributed by atoms with Crippen LogP contribution < -0.4 is 5.73 Å². The van der Waals surface area contributed by atoms with E-state index in [4.69, 9.17) is 10.7 Å². The van der Waals surface area contributed by atoms with E-state index in [0.717, 1.165) is 30.9 Å². The molecule has 2 aliphatic heterocycles. The van der Waals surface area contributed by atoms with Crippen LogP contribution in [-0.4, -0.2) is 38.1 Å². The van der Waals surface area contributed by atoms with Gasteiger partial charge in [-0.3, -0.25) is 4.90 Å². The van der Waals surface area contributed by atoms with E-state index in [1.807, 2.05) is 6.07 Å². The molecule has 6 heteroatoms. The largest absolute Gasteiger partial charge is 0.383 e. The van der Waals surface area contributed by atoms with Crippen LogP contribution in [0.5, 0.6) is 0 Å². The molecule has 1 saturated carbocycles. The average Bonchev–Trinajstić information content (AvgIpc) is 3.17. The Balaban J connectivity index is 1.28. The zero-order valence-corrected chi connectivity index (χ0v) is 15.4. The number of hydrogen-bond acceptors (Lipinski definition) is 5. The summed E-state index contributed by atoms with van der Waals surface area (Å²) in [6.07, 6.45) is 14.7. The van der Waals surface area contributed by atoms with Crippen molar-refractivity contribution in [3.8, 4) is 6.07 Å². The Hall–Kier alpha value is -2.65. The molecule has 1 aliphatic carbocycles. The van der Waals surface area contributed by atoms with Gasteiger partial charge in [0.1, 0.15) is 17.7 Å². The fourth-order valence-corrected chi connectivity index (χ4v) is 4.66. The third-order valence-electron chi connectivity index (χ3n) is 6.42. The Morgan fingerprint density at radius 1 is 1.33 bits per heavy atom. The van der Waals surface area contributed by atoms with Crippen molar-refractivity contribution < 1.29 is 0 Å². The number of hydrogen-bond donors (Lipinski definition) is 1. The predicted molar refractivity (Wildman–Crippen MR) is 104 cm³/mol. The van der Waals surface area contributed by atoms with Crippen molar-refractivity contribution in [3.63, 3.8) is 0 Å². The minimum Gasteiger partial charge on any atom is -0.383 e. The Morgan fingerprint density at radius 2 is 2.22 bits per heavy atom. The average molecular weight is 360 g/mol. The summed E-state index contributed by atoms with van der Waals surface area (Å²) in [6.45, 7) is 3.20. The summed E-state index contributed by atoms with van der Waals surface area (Å²) in [6, 6.07) is 3.97. The molecule has 2 fully saturated rings. The number of anilines is 1. The first kappa shape index (κ1) is 16.5. The van der Waals surface area contributed by atoms with E-state index in [1.54, 1.807) is 6.20 Å². The molecule has 0 bridgehead atoms. The lowest BCUT2D eigenvalue weighted by atomic mass is 9.97. The van der Waals surface area contributed by atoms with Gasteiger partial charge in [0.15, 0.2) is 0 Å². The zero-order chi connectivity index (χ0) is 18.4. The number of imidazole rings is 1. The van der Waals surface area contributed by atoms with Crippen LogP contribution in [0.15, 0.2) is 24.5 Å². The first-order valence-corrected chi connectivity index (χ1v) is 9.82. The number of nitrogens with two attached hydrogens (primary N) is 1. The van der Waals surface area contributed by atoms with E-state index in [2.05, 4.69) is 38.9 Å². The van der Waals surface area contributed by atoms with Crippen LogP contribution in [0.3, 0.4) is 0 Å². The van der Waals surface area contributed by atoms with Gasteiger partial charge in [0.2, 0.25) is 0 Å². The number of nitrogen functional groups attached to an aromatic ring is 1. The van der Waals surface area contributed by atoms with E-state index in [9.17, 15) is 5.26 Å². The summed E-state index contributed by atoms with van der Waals surface area (Å²) in [5.41, 5.74) is 8.94. The number of nitrogens with zero attached hydrogens (tertiary/aromatic N) is 5. The van der Waals surface area contributed by atoms with Crippen molar-refractivity contribution in [2.45, 2.75) is 50.1 Å². The van der Waals surface area contributed by atoms with Gasteiger partial charge >= 0.3 is 0 Å². The summed E-state index contributed by atoms with van der Waals surface area (Å²) in [5.74, 6) is 1.50. The second kappa shape index (κ2) is 6.21. The van der Waals surface area contributed by atoms with E-state index in [0.29, 0.717) is 16.9 Å². The maximum Gasteiger partial charge on any atom is 0.141 e. The molecule has 2 N–H and O–H groups in total. The SMILES string of the molecule is N#Cc1cc(C2C=Cc3nc(CCN4CCCC45CC5)cn3C2)cnc1N. The lowest BCUT2D eigenvalue weighted by Crippen LogP contribution is -2.33. The van der Waals surface area contributed by atoms with Gasteiger partial charge in [0, 0.05) is 43.4 Å². The highest BCUT2D eigenvalue weighted by atomic mass is 15.2. The molecule has 6 nitrogen and oxygen atoms in total. The maximum atomic E-state index is 9.19. The molecule has 1 atom stereocenters. The minimum absolute atomic E-state index is 0.188. The fraction of sp³-hybridized carbons (Fsp3) is 0.476. The van der Waals surface area contributed by atoms with Gasteiger partial charge in [0.05, 0.1) is 11.3 Å². The zero-order valence-electron chi connectivity index (χ0n) is 15.4. The van der Waals surface area contributed by atoms with Crippen LogP contribution in [0, 0.1) is 11.3 Å². The predicted octanol–water partition coefficient (Wildman–Crippen LogP) is 2.71. The van der Waals surface area contributed by atoms with E-state index >= 15 is 0 Å². The number of pyridine rings is 1. The second-order valence-electron chi connectivity index (χ2n) is 8.09. The fourth-order valence-electron chi connectivity index (χ4n) is 4.66.